The number of nitriles is 1. The van der Waals surface area contributed by atoms with E-state index in [4.69, 9.17) is 15.7 Å². The average molecular weight is 311 g/mol. The van der Waals surface area contributed by atoms with Gasteiger partial charge in [0.15, 0.2) is 0 Å². The van der Waals surface area contributed by atoms with E-state index in [1.165, 1.54) is 4.31 Å². The second kappa shape index (κ2) is 7.86. The average Bonchev–Trinajstić information content (AvgIpc) is 2.38. The molecular weight excluding hydrogens is 290 g/mol. The zero-order chi connectivity index (χ0) is 15.9. The Labute approximate surface area is 126 Å². The lowest BCUT2D eigenvalue weighted by Gasteiger charge is -2.24. The molecule has 116 valence electrons. The van der Waals surface area contributed by atoms with Crippen molar-refractivity contribution >= 4 is 15.7 Å². The standard InChI is InChI=1S/C14H21N3O3S/c1-12(2)17(8-4-7-15)21(18,19)10-9-20-14-6-3-5-13(16)11-14/h3,5-6,11-12H,4,8-10,16H2,1-2H3. The van der Waals surface area contributed by atoms with Gasteiger partial charge >= 0.3 is 0 Å². The molecule has 0 spiro atoms. The molecule has 0 radical (unpaired) electrons. The molecule has 0 aliphatic rings. The van der Waals surface area contributed by atoms with Gasteiger partial charge in [0.05, 0.1) is 11.8 Å². The lowest BCUT2D eigenvalue weighted by atomic mass is 10.3. The summed E-state index contributed by atoms with van der Waals surface area (Å²) < 4.78 is 31.2. The molecular formula is C14H21N3O3S. The summed E-state index contributed by atoms with van der Waals surface area (Å²) in [5.41, 5.74) is 6.18. The van der Waals surface area contributed by atoms with Crippen molar-refractivity contribution in [1.29, 1.82) is 5.26 Å². The van der Waals surface area contributed by atoms with Gasteiger partial charge in [-0.25, -0.2) is 8.42 Å². The van der Waals surface area contributed by atoms with Gasteiger partial charge in [0.25, 0.3) is 0 Å². The van der Waals surface area contributed by atoms with E-state index < -0.39 is 10.0 Å². The van der Waals surface area contributed by atoms with Crippen molar-refractivity contribution < 1.29 is 13.2 Å². The molecule has 2 N–H and O–H groups in total. The number of sulfonamides is 1. The van der Waals surface area contributed by atoms with Crippen molar-refractivity contribution in [2.75, 3.05) is 24.6 Å². The van der Waals surface area contributed by atoms with Gasteiger partial charge in [0.1, 0.15) is 12.4 Å². The molecule has 0 unspecified atom stereocenters. The van der Waals surface area contributed by atoms with Crippen LogP contribution in [0.4, 0.5) is 5.69 Å². The van der Waals surface area contributed by atoms with E-state index >= 15 is 0 Å². The number of ether oxygens (including phenoxy) is 1. The van der Waals surface area contributed by atoms with Crippen LogP contribution >= 0.6 is 0 Å². The zero-order valence-corrected chi connectivity index (χ0v) is 13.1. The SMILES string of the molecule is CC(C)N(CCC#N)S(=O)(=O)CCOc1cccc(N)c1. The van der Waals surface area contributed by atoms with Gasteiger partial charge in [-0.05, 0) is 26.0 Å². The predicted octanol–water partition coefficient (Wildman–Crippen LogP) is 1.60. The number of anilines is 1. The van der Waals surface area contributed by atoms with Crippen molar-refractivity contribution in [3.63, 3.8) is 0 Å². The highest BCUT2D eigenvalue weighted by Gasteiger charge is 2.24. The zero-order valence-electron chi connectivity index (χ0n) is 12.3. The van der Waals surface area contributed by atoms with Crippen molar-refractivity contribution in [2.24, 2.45) is 0 Å². The summed E-state index contributed by atoms with van der Waals surface area (Å²) in [5, 5.41) is 8.61. The number of hydrogen-bond donors (Lipinski definition) is 1. The van der Waals surface area contributed by atoms with Crippen LogP contribution in [-0.4, -0.2) is 37.7 Å². The monoisotopic (exact) mass is 311 g/mol. The van der Waals surface area contributed by atoms with Gasteiger partial charge in [0, 0.05) is 30.8 Å². The topological polar surface area (TPSA) is 96.4 Å². The minimum Gasteiger partial charge on any atom is -0.492 e. The number of nitrogens with two attached hydrogens (primary N) is 1. The molecule has 0 saturated heterocycles. The van der Waals surface area contributed by atoms with E-state index in [0.29, 0.717) is 11.4 Å². The molecule has 0 saturated carbocycles. The summed E-state index contributed by atoms with van der Waals surface area (Å²) in [6.45, 7) is 3.82. The minimum atomic E-state index is -3.45. The first-order valence-corrected chi connectivity index (χ1v) is 8.32. The molecule has 0 aromatic heterocycles. The summed E-state index contributed by atoms with van der Waals surface area (Å²) in [4.78, 5) is 0. The molecule has 1 aromatic carbocycles. The van der Waals surface area contributed by atoms with Crippen LogP contribution in [-0.2, 0) is 10.0 Å². The fourth-order valence-electron chi connectivity index (χ4n) is 1.87. The minimum absolute atomic E-state index is 0.0432. The highest BCUT2D eigenvalue weighted by atomic mass is 32.2. The first-order chi connectivity index (χ1) is 9.86. The van der Waals surface area contributed by atoms with Crippen molar-refractivity contribution in [3.05, 3.63) is 24.3 Å². The summed E-state index contributed by atoms with van der Waals surface area (Å²) >= 11 is 0. The second-order valence-electron chi connectivity index (χ2n) is 4.85. The third kappa shape index (κ3) is 5.61. The number of nitrogen functional groups attached to an aromatic ring is 1. The molecule has 7 heteroatoms. The molecule has 0 amide bonds. The fraction of sp³-hybridized carbons (Fsp3) is 0.500. The van der Waals surface area contributed by atoms with Crippen LogP contribution in [0.15, 0.2) is 24.3 Å². The van der Waals surface area contributed by atoms with E-state index in [-0.39, 0.29) is 31.4 Å². The highest BCUT2D eigenvalue weighted by Crippen LogP contribution is 2.15. The molecule has 0 fully saturated rings. The number of hydrogen-bond acceptors (Lipinski definition) is 5. The number of rotatable bonds is 8. The van der Waals surface area contributed by atoms with Crippen LogP contribution in [0.3, 0.4) is 0 Å². The van der Waals surface area contributed by atoms with Crippen molar-refractivity contribution in [1.82, 2.24) is 4.31 Å². The van der Waals surface area contributed by atoms with Gasteiger partial charge in [-0.3, -0.25) is 0 Å². The predicted molar refractivity (Wildman–Crippen MR) is 82.2 cm³/mol. The Kier molecular flexibility index (Phi) is 6.46. The van der Waals surface area contributed by atoms with Crippen LogP contribution < -0.4 is 10.5 Å². The molecule has 0 aliphatic carbocycles. The van der Waals surface area contributed by atoms with E-state index in [0.717, 1.165) is 0 Å². The largest absolute Gasteiger partial charge is 0.492 e. The quantitative estimate of drug-likeness (QED) is 0.736. The molecule has 0 aliphatic heterocycles. The summed E-state index contributed by atoms with van der Waals surface area (Å²) in [6.07, 6.45) is 0.174. The summed E-state index contributed by atoms with van der Waals surface area (Å²) in [7, 11) is -3.45. The maximum atomic E-state index is 12.2. The van der Waals surface area contributed by atoms with Gasteiger partial charge in [-0.1, -0.05) is 6.07 Å². The molecule has 1 rings (SSSR count). The molecule has 6 nitrogen and oxygen atoms in total. The van der Waals surface area contributed by atoms with Crippen molar-refractivity contribution in [2.45, 2.75) is 26.3 Å². The maximum Gasteiger partial charge on any atom is 0.217 e. The maximum absolute atomic E-state index is 12.2. The van der Waals surface area contributed by atoms with Gasteiger partial charge in [-0.15, -0.1) is 0 Å². The lowest BCUT2D eigenvalue weighted by molar-refractivity contribution is 0.325. The van der Waals surface area contributed by atoms with E-state index in [1.807, 2.05) is 6.07 Å². The van der Waals surface area contributed by atoms with Crippen LogP contribution in [0.5, 0.6) is 5.75 Å². The second-order valence-corrected chi connectivity index (χ2v) is 6.89. The van der Waals surface area contributed by atoms with Gasteiger partial charge in [0.2, 0.25) is 10.0 Å². The third-order valence-corrected chi connectivity index (χ3v) is 4.85. The van der Waals surface area contributed by atoms with Crippen LogP contribution in [0.25, 0.3) is 0 Å². The first kappa shape index (κ1) is 17.3. The number of nitrogens with zero attached hydrogens (tertiary/aromatic N) is 2. The van der Waals surface area contributed by atoms with Crippen molar-refractivity contribution in [3.8, 4) is 11.8 Å². The van der Waals surface area contributed by atoms with Gasteiger partial charge in [-0.2, -0.15) is 9.57 Å². The Morgan fingerprint density at radius 2 is 2.14 bits per heavy atom. The van der Waals surface area contributed by atoms with Gasteiger partial charge < -0.3 is 10.5 Å². The van der Waals surface area contributed by atoms with Crippen LogP contribution in [0.2, 0.25) is 0 Å². The van der Waals surface area contributed by atoms with E-state index in [9.17, 15) is 8.42 Å². The Morgan fingerprint density at radius 3 is 2.71 bits per heavy atom. The fourth-order valence-corrected chi connectivity index (χ4v) is 3.41. The normalized spacial score (nSPS) is 11.6. The Hall–Kier alpha value is -1.78. The van der Waals surface area contributed by atoms with E-state index in [1.54, 1.807) is 38.1 Å². The molecule has 0 atom stereocenters. The Balaban J connectivity index is 2.60. The highest BCUT2D eigenvalue weighted by molar-refractivity contribution is 7.89. The number of benzene rings is 1. The molecule has 1 aromatic rings. The summed E-state index contributed by atoms with van der Waals surface area (Å²) in [6, 6.07) is 8.61. The molecule has 0 bridgehead atoms. The molecule has 0 heterocycles. The third-order valence-electron chi connectivity index (χ3n) is 2.85. The summed E-state index contributed by atoms with van der Waals surface area (Å²) in [5.74, 6) is 0.407. The van der Waals surface area contributed by atoms with Crippen LogP contribution in [0, 0.1) is 11.3 Å². The smallest absolute Gasteiger partial charge is 0.217 e. The Morgan fingerprint density at radius 1 is 1.43 bits per heavy atom. The van der Waals surface area contributed by atoms with E-state index in [2.05, 4.69) is 0 Å². The molecule has 21 heavy (non-hydrogen) atoms. The first-order valence-electron chi connectivity index (χ1n) is 6.71. The lowest BCUT2D eigenvalue weighted by Crippen LogP contribution is -2.40. The van der Waals surface area contributed by atoms with Crippen LogP contribution in [0.1, 0.15) is 20.3 Å². The Bertz CT molecular complexity index is 594.